The van der Waals surface area contributed by atoms with Gasteiger partial charge in [-0.05, 0) is 13.3 Å². The number of carbonyl (C=O) groups excluding carboxylic acids is 1. The van der Waals surface area contributed by atoms with Crippen molar-refractivity contribution in [2.75, 3.05) is 0 Å². The van der Waals surface area contributed by atoms with Crippen molar-refractivity contribution in [1.82, 2.24) is 0 Å². The third kappa shape index (κ3) is 2.90. The molecule has 0 saturated carbocycles. The van der Waals surface area contributed by atoms with Gasteiger partial charge in [0, 0.05) is 0 Å². The quantitative estimate of drug-likeness (QED) is 0.530. The van der Waals surface area contributed by atoms with Crippen LogP contribution in [-0.4, -0.2) is 5.97 Å². The van der Waals surface area contributed by atoms with Crippen molar-refractivity contribution in [3.8, 4) is 0 Å². The van der Waals surface area contributed by atoms with Gasteiger partial charge >= 0.3 is 5.97 Å². The molecule has 1 atom stereocenters. The fourth-order valence-electron chi connectivity index (χ4n) is 0.614. The summed E-state index contributed by atoms with van der Waals surface area (Å²) in [6.45, 7) is 3.62. The van der Waals surface area contributed by atoms with E-state index in [-0.39, 0.29) is 0 Å². The Kier molecular flexibility index (Phi) is 3.76. The Morgan fingerprint density at radius 3 is 2.33 bits per heavy atom. The largest absolute Gasteiger partial charge is 0.362 e. The normalized spacial score (nSPS) is 14.0. The first-order valence-corrected chi connectivity index (χ1v) is 3.06. The zero-order chi connectivity index (χ0) is 7.28. The lowest BCUT2D eigenvalue weighted by molar-refractivity contribution is -0.146. The van der Waals surface area contributed by atoms with Crippen molar-refractivity contribution < 1.29 is 9.90 Å². The van der Waals surface area contributed by atoms with Crippen molar-refractivity contribution in [1.29, 1.82) is 0 Å². The molecular formula is C7H11O2. The second-order valence-corrected chi connectivity index (χ2v) is 1.86. The van der Waals surface area contributed by atoms with Gasteiger partial charge in [-0.3, -0.25) is 0 Å². The Hall–Kier alpha value is -0.790. The average molecular weight is 127 g/mol. The summed E-state index contributed by atoms with van der Waals surface area (Å²) < 4.78 is 0. The molecule has 0 rings (SSSR count). The Morgan fingerprint density at radius 2 is 2.22 bits per heavy atom. The number of allylic oxidation sites excluding steroid dienone is 1. The van der Waals surface area contributed by atoms with Crippen molar-refractivity contribution in [3.63, 3.8) is 0 Å². The third-order valence-corrected chi connectivity index (χ3v) is 1.17. The molecule has 0 aromatic rings. The van der Waals surface area contributed by atoms with E-state index in [1.54, 1.807) is 19.1 Å². The lowest BCUT2D eigenvalue weighted by Crippen LogP contribution is -2.07. The summed E-state index contributed by atoms with van der Waals surface area (Å²) in [5, 5.41) is 10.2. The molecule has 9 heavy (non-hydrogen) atoms. The molecule has 0 aromatic carbocycles. The smallest absolute Gasteiger partial charge is 0.247 e. The van der Waals surface area contributed by atoms with Crippen LogP contribution in [0.25, 0.3) is 0 Å². The second-order valence-electron chi connectivity index (χ2n) is 1.86. The topological polar surface area (TPSA) is 37.0 Å². The van der Waals surface area contributed by atoms with Crippen LogP contribution in [0.15, 0.2) is 12.2 Å². The fourth-order valence-corrected chi connectivity index (χ4v) is 0.614. The molecule has 0 amide bonds. The predicted molar refractivity (Wildman–Crippen MR) is 34.3 cm³/mol. The van der Waals surface area contributed by atoms with Gasteiger partial charge in [-0.2, -0.15) is 0 Å². The zero-order valence-corrected chi connectivity index (χ0v) is 5.76. The Bertz CT molecular complexity index is 116. The van der Waals surface area contributed by atoms with Crippen LogP contribution in [-0.2, 0) is 9.90 Å². The number of carbonyl (C=O) groups is 1. The van der Waals surface area contributed by atoms with Crippen LogP contribution >= 0.6 is 0 Å². The fraction of sp³-hybridized carbons (Fsp3) is 0.571. The Balaban J connectivity index is 3.83. The standard InChI is InChI=1S/C7H11O2/c1-3-5-6(4-2)7(8)9/h3,5-6H,4H2,1-2H3. The van der Waals surface area contributed by atoms with Crippen molar-refractivity contribution in [2.24, 2.45) is 5.92 Å². The molecule has 0 fully saturated rings. The summed E-state index contributed by atoms with van der Waals surface area (Å²) in [4.78, 5) is 10.2. The minimum absolute atomic E-state index is 0.407. The van der Waals surface area contributed by atoms with E-state index in [4.69, 9.17) is 0 Å². The lowest BCUT2D eigenvalue weighted by atomic mass is 10.1. The van der Waals surface area contributed by atoms with Gasteiger partial charge in [0.1, 0.15) is 0 Å². The molecule has 1 radical (unpaired) electrons. The highest BCUT2D eigenvalue weighted by atomic mass is 16.4. The van der Waals surface area contributed by atoms with Gasteiger partial charge in [0.2, 0.25) is 0 Å². The zero-order valence-electron chi connectivity index (χ0n) is 5.76. The summed E-state index contributed by atoms with van der Waals surface area (Å²) in [6, 6.07) is 0. The highest BCUT2D eigenvalue weighted by molar-refractivity contribution is 5.71. The second kappa shape index (κ2) is 4.13. The number of rotatable bonds is 3. The van der Waals surface area contributed by atoms with Crippen LogP contribution in [0.5, 0.6) is 0 Å². The van der Waals surface area contributed by atoms with Crippen LogP contribution in [0.1, 0.15) is 20.3 Å². The molecule has 0 aliphatic rings. The average Bonchev–Trinajstić information content (AvgIpc) is 1.82. The van der Waals surface area contributed by atoms with Gasteiger partial charge in [0.25, 0.3) is 0 Å². The first kappa shape index (κ1) is 8.21. The molecule has 0 bridgehead atoms. The summed E-state index contributed by atoms with van der Waals surface area (Å²) in [7, 11) is 0. The van der Waals surface area contributed by atoms with E-state index in [1.807, 2.05) is 6.92 Å². The molecule has 0 heterocycles. The molecule has 0 aromatic heterocycles. The predicted octanol–water partition coefficient (Wildman–Crippen LogP) is 1.55. The van der Waals surface area contributed by atoms with E-state index >= 15 is 0 Å². The maximum Gasteiger partial charge on any atom is 0.362 e. The van der Waals surface area contributed by atoms with Gasteiger partial charge in [-0.15, -0.1) is 0 Å². The summed E-state index contributed by atoms with van der Waals surface area (Å²) >= 11 is 0. The van der Waals surface area contributed by atoms with E-state index in [0.717, 1.165) is 0 Å². The van der Waals surface area contributed by atoms with E-state index in [2.05, 4.69) is 0 Å². The van der Waals surface area contributed by atoms with Crippen molar-refractivity contribution >= 4 is 5.97 Å². The lowest BCUT2D eigenvalue weighted by Gasteiger charge is -1.97. The molecule has 0 saturated heterocycles. The highest BCUT2D eigenvalue weighted by Gasteiger charge is 2.11. The van der Waals surface area contributed by atoms with E-state index in [9.17, 15) is 9.90 Å². The van der Waals surface area contributed by atoms with Crippen LogP contribution in [0.2, 0.25) is 0 Å². The first-order valence-electron chi connectivity index (χ1n) is 3.06. The van der Waals surface area contributed by atoms with Gasteiger partial charge in [-0.1, -0.05) is 19.1 Å². The maximum atomic E-state index is 10.2. The van der Waals surface area contributed by atoms with Gasteiger partial charge in [0.05, 0.1) is 5.92 Å². The van der Waals surface area contributed by atoms with E-state index < -0.39 is 11.9 Å². The van der Waals surface area contributed by atoms with Crippen molar-refractivity contribution in [3.05, 3.63) is 12.2 Å². The number of hydrogen-bond donors (Lipinski definition) is 0. The monoisotopic (exact) mass is 127 g/mol. The van der Waals surface area contributed by atoms with Crippen LogP contribution in [0.4, 0.5) is 0 Å². The SMILES string of the molecule is CC=CC(CC)C([O])=O. The molecule has 0 spiro atoms. The molecule has 1 unspecified atom stereocenters. The summed E-state index contributed by atoms with van der Waals surface area (Å²) in [6.07, 6.45) is 3.96. The van der Waals surface area contributed by atoms with Gasteiger partial charge in [-0.25, -0.2) is 9.90 Å². The maximum absolute atomic E-state index is 10.2. The van der Waals surface area contributed by atoms with Crippen LogP contribution in [0.3, 0.4) is 0 Å². The summed E-state index contributed by atoms with van der Waals surface area (Å²) in [5.41, 5.74) is 0. The molecule has 2 nitrogen and oxygen atoms in total. The molecule has 0 aliphatic carbocycles. The van der Waals surface area contributed by atoms with Gasteiger partial charge < -0.3 is 0 Å². The van der Waals surface area contributed by atoms with E-state index in [0.29, 0.717) is 6.42 Å². The molecule has 2 heteroatoms. The third-order valence-electron chi connectivity index (χ3n) is 1.17. The first-order chi connectivity index (χ1) is 4.22. The molecular weight excluding hydrogens is 116 g/mol. The molecule has 51 valence electrons. The van der Waals surface area contributed by atoms with Crippen LogP contribution < -0.4 is 0 Å². The van der Waals surface area contributed by atoms with E-state index in [1.165, 1.54) is 0 Å². The molecule has 0 N–H and O–H groups in total. The minimum atomic E-state index is -0.990. The molecule has 0 aliphatic heterocycles. The van der Waals surface area contributed by atoms with Gasteiger partial charge in [0.15, 0.2) is 0 Å². The van der Waals surface area contributed by atoms with Crippen molar-refractivity contribution in [2.45, 2.75) is 20.3 Å². The highest BCUT2D eigenvalue weighted by Crippen LogP contribution is 2.03. The minimum Gasteiger partial charge on any atom is -0.247 e. The Labute approximate surface area is 55.2 Å². The number of hydrogen-bond acceptors (Lipinski definition) is 1. The van der Waals surface area contributed by atoms with Crippen LogP contribution in [0, 0.1) is 5.92 Å². The summed E-state index contributed by atoms with van der Waals surface area (Å²) in [5.74, 6) is -1.40. The Morgan fingerprint density at radius 1 is 1.67 bits per heavy atom.